The number of esters is 1. The van der Waals surface area contributed by atoms with Crippen LogP contribution >= 0.6 is 0 Å². The van der Waals surface area contributed by atoms with Gasteiger partial charge in [0, 0.05) is 12.6 Å². The summed E-state index contributed by atoms with van der Waals surface area (Å²) in [6.45, 7) is 4.12. The van der Waals surface area contributed by atoms with Crippen molar-refractivity contribution in [2.75, 3.05) is 11.9 Å². The van der Waals surface area contributed by atoms with Crippen molar-refractivity contribution in [2.45, 2.75) is 26.2 Å². The van der Waals surface area contributed by atoms with Crippen LogP contribution in [0, 0.1) is 5.82 Å². The maximum atomic E-state index is 14.1. The Labute approximate surface area is 151 Å². The van der Waals surface area contributed by atoms with E-state index >= 15 is 0 Å². The lowest BCUT2D eigenvalue weighted by atomic mass is 9.85. The lowest BCUT2D eigenvalue weighted by molar-refractivity contribution is -0.148. The van der Waals surface area contributed by atoms with Gasteiger partial charge in [-0.1, -0.05) is 30.3 Å². The van der Waals surface area contributed by atoms with Gasteiger partial charge in [-0.3, -0.25) is 14.4 Å². The molecule has 5 nitrogen and oxygen atoms in total. The number of carbonyl (C=O) groups excluding carboxylic acids is 3. The van der Waals surface area contributed by atoms with Gasteiger partial charge in [0.2, 0.25) is 11.7 Å². The van der Waals surface area contributed by atoms with E-state index in [1.54, 1.807) is 26.0 Å². The molecule has 136 valence electrons. The Balaban J connectivity index is 2.04. The van der Waals surface area contributed by atoms with Gasteiger partial charge in [-0.15, -0.1) is 0 Å². The summed E-state index contributed by atoms with van der Waals surface area (Å²) in [5.41, 5.74) is -0.142. The van der Waals surface area contributed by atoms with Gasteiger partial charge >= 0.3 is 5.97 Å². The van der Waals surface area contributed by atoms with Crippen LogP contribution < -0.4 is 5.32 Å². The highest BCUT2D eigenvalue weighted by molar-refractivity contribution is 5.99. The molecule has 1 amide bonds. The topological polar surface area (TPSA) is 72.5 Å². The van der Waals surface area contributed by atoms with E-state index in [0.29, 0.717) is 0 Å². The third-order valence-corrected chi connectivity index (χ3v) is 3.93. The average molecular weight is 357 g/mol. The summed E-state index contributed by atoms with van der Waals surface area (Å²) < 4.78 is 19.2. The summed E-state index contributed by atoms with van der Waals surface area (Å²) in [5.74, 6) is -2.37. The van der Waals surface area contributed by atoms with Crippen LogP contribution in [0.2, 0.25) is 0 Å². The molecule has 0 aliphatic heterocycles. The van der Waals surface area contributed by atoms with Crippen LogP contribution in [0.25, 0.3) is 0 Å². The molecule has 0 saturated heterocycles. The second kappa shape index (κ2) is 7.91. The van der Waals surface area contributed by atoms with E-state index in [-0.39, 0.29) is 17.2 Å². The maximum absolute atomic E-state index is 14.1. The van der Waals surface area contributed by atoms with Crippen molar-refractivity contribution in [1.82, 2.24) is 0 Å². The van der Waals surface area contributed by atoms with Crippen LogP contribution in [-0.2, 0) is 19.7 Å². The molecule has 0 radical (unpaired) electrons. The molecular formula is C20H20FNO4. The number of ketones is 1. The number of amides is 1. The standard InChI is InChI=1S/C20H20FNO4/c1-13(23)22-15-9-10-16(17(21)11-15)18(24)12-26-19(25)20(2,3)14-7-5-4-6-8-14/h4-11H,12H2,1-3H3,(H,22,23). The summed E-state index contributed by atoms with van der Waals surface area (Å²) in [4.78, 5) is 35.5. The molecule has 26 heavy (non-hydrogen) atoms. The van der Waals surface area contributed by atoms with E-state index in [1.807, 2.05) is 18.2 Å². The Bertz CT molecular complexity index is 831. The summed E-state index contributed by atoms with van der Waals surface area (Å²) in [5, 5.41) is 2.42. The van der Waals surface area contributed by atoms with Crippen LogP contribution in [0.4, 0.5) is 10.1 Å². The molecule has 2 rings (SSSR count). The van der Waals surface area contributed by atoms with Crippen molar-refractivity contribution in [3.05, 3.63) is 65.5 Å². The van der Waals surface area contributed by atoms with E-state index in [1.165, 1.54) is 19.1 Å². The molecule has 0 heterocycles. The Kier molecular flexibility index (Phi) is 5.87. The van der Waals surface area contributed by atoms with Gasteiger partial charge < -0.3 is 10.1 Å². The number of ether oxygens (including phenoxy) is 1. The monoisotopic (exact) mass is 357 g/mol. The summed E-state index contributed by atoms with van der Waals surface area (Å²) in [7, 11) is 0. The number of rotatable bonds is 6. The number of anilines is 1. The summed E-state index contributed by atoms with van der Waals surface area (Å²) >= 11 is 0. The first-order valence-electron chi connectivity index (χ1n) is 8.05. The van der Waals surface area contributed by atoms with Crippen LogP contribution in [0.15, 0.2) is 48.5 Å². The van der Waals surface area contributed by atoms with Crippen molar-refractivity contribution < 1.29 is 23.5 Å². The zero-order valence-corrected chi connectivity index (χ0v) is 14.8. The molecule has 0 aliphatic rings. The Hall–Kier alpha value is -3.02. The highest BCUT2D eigenvalue weighted by Gasteiger charge is 2.32. The van der Waals surface area contributed by atoms with Crippen LogP contribution in [0.5, 0.6) is 0 Å². The van der Waals surface area contributed by atoms with Crippen molar-refractivity contribution >= 4 is 23.3 Å². The van der Waals surface area contributed by atoms with Gasteiger partial charge in [-0.25, -0.2) is 4.39 Å². The highest BCUT2D eigenvalue weighted by atomic mass is 19.1. The molecule has 0 spiro atoms. The fourth-order valence-electron chi connectivity index (χ4n) is 2.38. The number of benzene rings is 2. The SMILES string of the molecule is CC(=O)Nc1ccc(C(=O)COC(=O)C(C)(C)c2ccccc2)c(F)c1. The third kappa shape index (κ3) is 4.53. The fourth-order valence-corrected chi connectivity index (χ4v) is 2.38. The molecular weight excluding hydrogens is 337 g/mol. The van der Waals surface area contributed by atoms with E-state index in [9.17, 15) is 18.8 Å². The van der Waals surface area contributed by atoms with Gasteiger partial charge in [-0.2, -0.15) is 0 Å². The first-order chi connectivity index (χ1) is 12.2. The molecule has 1 N–H and O–H groups in total. The molecule has 0 atom stereocenters. The lowest BCUT2D eigenvalue weighted by Gasteiger charge is -2.22. The average Bonchev–Trinajstić information content (AvgIpc) is 2.59. The Morgan fingerprint density at radius 2 is 1.73 bits per heavy atom. The minimum Gasteiger partial charge on any atom is -0.457 e. The normalized spacial score (nSPS) is 10.9. The predicted octanol–water partition coefficient (Wildman–Crippen LogP) is 3.49. The number of halogens is 1. The molecule has 2 aromatic rings. The molecule has 0 aliphatic carbocycles. The van der Waals surface area contributed by atoms with Gasteiger partial charge in [0.05, 0.1) is 11.0 Å². The molecule has 0 saturated carbocycles. The second-order valence-corrected chi connectivity index (χ2v) is 6.37. The number of nitrogens with one attached hydrogen (secondary N) is 1. The zero-order valence-electron chi connectivity index (χ0n) is 14.8. The predicted molar refractivity (Wildman–Crippen MR) is 95.5 cm³/mol. The minimum absolute atomic E-state index is 0.204. The molecule has 0 bridgehead atoms. The Morgan fingerprint density at radius 1 is 1.08 bits per heavy atom. The molecule has 0 fully saturated rings. The van der Waals surface area contributed by atoms with Gasteiger partial charge in [0.1, 0.15) is 5.82 Å². The first-order valence-corrected chi connectivity index (χ1v) is 8.05. The second-order valence-electron chi connectivity index (χ2n) is 6.37. The summed E-state index contributed by atoms with van der Waals surface area (Å²) in [6.07, 6.45) is 0. The van der Waals surface area contributed by atoms with E-state index < -0.39 is 29.6 Å². The van der Waals surface area contributed by atoms with Crippen LogP contribution in [-0.4, -0.2) is 24.3 Å². The quantitative estimate of drug-likeness (QED) is 0.634. The summed E-state index contributed by atoms with van der Waals surface area (Å²) in [6, 6.07) is 12.7. The van der Waals surface area contributed by atoms with Gasteiger partial charge in [0.25, 0.3) is 0 Å². The number of Topliss-reactive ketones (excluding diaryl/α,β-unsaturated/α-hetero) is 1. The maximum Gasteiger partial charge on any atom is 0.316 e. The lowest BCUT2D eigenvalue weighted by Crippen LogP contribution is -2.32. The van der Waals surface area contributed by atoms with E-state index in [2.05, 4.69) is 5.32 Å². The van der Waals surface area contributed by atoms with Gasteiger partial charge in [0.15, 0.2) is 6.61 Å². The minimum atomic E-state index is -0.935. The zero-order chi connectivity index (χ0) is 19.3. The highest BCUT2D eigenvalue weighted by Crippen LogP contribution is 2.24. The van der Waals surface area contributed by atoms with E-state index in [0.717, 1.165) is 11.6 Å². The van der Waals surface area contributed by atoms with Gasteiger partial charge in [-0.05, 0) is 37.6 Å². The molecule has 0 aromatic heterocycles. The number of hydrogen-bond acceptors (Lipinski definition) is 4. The van der Waals surface area contributed by atoms with Crippen LogP contribution in [0.1, 0.15) is 36.7 Å². The van der Waals surface area contributed by atoms with Crippen molar-refractivity contribution in [2.24, 2.45) is 0 Å². The number of hydrogen-bond donors (Lipinski definition) is 1. The largest absolute Gasteiger partial charge is 0.457 e. The van der Waals surface area contributed by atoms with Crippen molar-refractivity contribution in [3.63, 3.8) is 0 Å². The van der Waals surface area contributed by atoms with Crippen molar-refractivity contribution in [1.29, 1.82) is 0 Å². The smallest absolute Gasteiger partial charge is 0.316 e. The first kappa shape index (κ1) is 19.3. The van der Waals surface area contributed by atoms with E-state index in [4.69, 9.17) is 4.74 Å². The fraction of sp³-hybridized carbons (Fsp3) is 0.250. The van der Waals surface area contributed by atoms with Crippen molar-refractivity contribution in [3.8, 4) is 0 Å². The Morgan fingerprint density at radius 3 is 2.31 bits per heavy atom. The number of carbonyl (C=O) groups is 3. The van der Waals surface area contributed by atoms with Crippen LogP contribution in [0.3, 0.4) is 0 Å². The molecule has 6 heteroatoms. The molecule has 0 unspecified atom stereocenters. The molecule has 2 aromatic carbocycles. The third-order valence-electron chi connectivity index (χ3n) is 3.93.